The van der Waals surface area contributed by atoms with Crippen molar-refractivity contribution in [2.75, 3.05) is 167 Å². The smallest absolute Gasteiger partial charge is 0.152 e. The summed E-state index contributed by atoms with van der Waals surface area (Å²) >= 11 is 0. The van der Waals surface area contributed by atoms with Crippen molar-refractivity contribution in [2.24, 2.45) is 0 Å². The highest BCUT2D eigenvalue weighted by atomic mass is 19.1. The molecule has 0 aromatic rings. The molecule has 8 N–H and O–H groups in total. The summed E-state index contributed by atoms with van der Waals surface area (Å²) in [4.78, 5) is 10.7. The average molecular weight is 1170 g/mol. The normalized spacial score (nSPS) is 34.6. The Morgan fingerprint density at radius 3 is 0.840 bits per heavy atom. The third-order valence-corrected chi connectivity index (χ3v) is 17.2. The lowest BCUT2D eigenvalue weighted by molar-refractivity contribution is -0.868. The summed E-state index contributed by atoms with van der Waals surface area (Å²) < 4.78 is 59.5. The van der Waals surface area contributed by atoms with E-state index in [0.29, 0.717) is 68.0 Å². The van der Waals surface area contributed by atoms with Crippen LogP contribution in [0.2, 0.25) is 0 Å². The molecule has 8 unspecified atom stereocenters. The van der Waals surface area contributed by atoms with Gasteiger partial charge in [0.05, 0.1) is 154 Å². The molecule has 8 rings (SSSR count). The fraction of sp³-hybridized carbons (Fsp3) is 0.873. The first-order valence-electron chi connectivity index (χ1n) is 31.9. The van der Waals surface area contributed by atoms with Crippen molar-refractivity contribution in [3.8, 4) is 0 Å². The molecule has 18 heteroatoms. The van der Waals surface area contributed by atoms with Gasteiger partial charge in [0.2, 0.25) is 0 Å². The maximum absolute atomic E-state index is 12.6. The van der Waals surface area contributed by atoms with Gasteiger partial charge in [0.1, 0.15) is 6.10 Å². The van der Waals surface area contributed by atoms with Crippen LogP contribution in [0, 0.1) is 56.4 Å². The number of rotatable bonds is 23. The molecule has 8 heterocycles. The van der Waals surface area contributed by atoms with E-state index in [4.69, 9.17) is 42.6 Å². The van der Waals surface area contributed by atoms with E-state index in [1.165, 1.54) is 151 Å². The predicted octanol–water partition coefficient (Wildman–Crippen LogP) is -2.31. The minimum absolute atomic E-state index is 0.264. The molecule has 8 fully saturated rings. The van der Waals surface area contributed by atoms with Gasteiger partial charge in [-0.25, -0.2) is 4.39 Å². The molecule has 0 aromatic carbocycles. The van der Waals surface area contributed by atoms with Crippen molar-refractivity contribution in [1.29, 1.82) is 0 Å². The second kappa shape index (κ2) is 50.3. The van der Waals surface area contributed by atoms with E-state index in [9.17, 15) is 4.39 Å². The third-order valence-electron chi connectivity index (χ3n) is 17.2. The molecule has 486 valence electrons. The molecule has 0 bridgehead atoms. The van der Waals surface area contributed by atoms with Gasteiger partial charge in [0, 0.05) is 113 Å². The van der Waals surface area contributed by atoms with Gasteiger partial charge in [0.25, 0.3) is 0 Å². The Hall–Kier alpha value is -0.750. The standard InChI is InChI=1S/2C9H19NO.C8H17NO2.2C8H17NO.C7H14FNO.2C7H15NO/c2*1-3-7-11-8-9-5-4-6-10(9)2;1-9-5-8(11-3)4-7(9)6-10-2;2*1-3-10-7-8-5-4-6-9(8)2;1-9-4-6(8)3-7(9)5-10-2;2*1-8-5-3-4-7(8)6-9-2/h2*9-10H,2-8H2,1H3;7-9H,1,4-6H2,2-3H3;2*8-9H,2-7H2,1H3;6-7,9H,1,3-5H2,2H3;2*7-8H,1,3-6H2,2H3/t2*9-;7-,8-;2*8-;6-,7-;2*7-/m10010010/s1. The number of ether oxygens (including phenoxy) is 9. The molecule has 18 atom stereocenters. The van der Waals surface area contributed by atoms with Crippen LogP contribution in [0.5, 0.6) is 0 Å². The maximum Gasteiger partial charge on any atom is 0.152 e. The van der Waals surface area contributed by atoms with Gasteiger partial charge in [-0.05, 0) is 65.2 Å². The molecular formula is C63H133FN8O9. The largest absolute Gasteiger partial charge is 0.463 e. The molecule has 0 saturated carbocycles. The topological polar surface area (TPSA) is 119 Å². The van der Waals surface area contributed by atoms with Crippen molar-refractivity contribution in [3.05, 3.63) is 56.4 Å². The zero-order chi connectivity index (χ0) is 60.2. The number of hydrogen-bond acceptors (Lipinski definition) is 9. The monoisotopic (exact) mass is 1170 g/mol. The van der Waals surface area contributed by atoms with Gasteiger partial charge < -0.3 is 81.8 Å². The van der Waals surface area contributed by atoms with Crippen LogP contribution in [0.15, 0.2) is 0 Å². The summed E-state index contributed by atoms with van der Waals surface area (Å²) in [5.74, 6) is 0. The van der Waals surface area contributed by atoms with Crippen molar-refractivity contribution >= 4 is 0 Å². The van der Waals surface area contributed by atoms with Crippen LogP contribution in [0.3, 0.4) is 0 Å². The lowest BCUT2D eigenvalue weighted by Gasteiger charge is -2.22. The van der Waals surface area contributed by atoms with Gasteiger partial charge in [-0.15, -0.1) is 0 Å². The van der Waals surface area contributed by atoms with Gasteiger partial charge in [-0.2, -0.15) is 56.4 Å². The third kappa shape index (κ3) is 35.6. The SMILES string of the molecule is [CH2-][NH+]1CCC[C@@H]1COC.[CH2-][NH+]1CCC[C@@H]1COCC.[CH2-][NH+]1CCC[C@@H]1COCCC.[CH2-][NH+]1CCC[C@H]1COC.[CH2-][NH+]1CCC[C@H]1COCC.[CH2-][NH+]1CCC[C@H]1COCCC.[CH2-][NH+]1C[C@@H](F)C[C@H]1COC.[CH2-][NH+]1C[C@@H](OC)C[C@H]1COC. The molecule has 0 aromatic heterocycles. The molecule has 81 heavy (non-hydrogen) atoms. The molecule has 0 spiro atoms. The lowest BCUT2D eigenvalue weighted by atomic mass is 10.2. The van der Waals surface area contributed by atoms with E-state index in [0.717, 1.165) is 103 Å². The van der Waals surface area contributed by atoms with Crippen molar-refractivity contribution in [3.63, 3.8) is 0 Å². The lowest BCUT2D eigenvalue weighted by Crippen LogP contribution is -3.09. The van der Waals surface area contributed by atoms with Gasteiger partial charge >= 0.3 is 0 Å². The van der Waals surface area contributed by atoms with Crippen LogP contribution in [0.25, 0.3) is 0 Å². The fourth-order valence-electron chi connectivity index (χ4n) is 11.8. The molecule has 17 nitrogen and oxygen atoms in total. The zero-order valence-corrected chi connectivity index (χ0v) is 53.9. The van der Waals surface area contributed by atoms with Crippen LogP contribution in [-0.2, 0) is 42.6 Å². The van der Waals surface area contributed by atoms with Crippen LogP contribution in [0.4, 0.5) is 4.39 Å². The van der Waals surface area contributed by atoms with Crippen LogP contribution < -0.4 is 39.2 Å². The number of hydrogen-bond donors (Lipinski definition) is 8. The second-order valence-electron chi connectivity index (χ2n) is 23.8. The van der Waals surface area contributed by atoms with Crippen molar-refractivity contribution < 1.29 is 86.2 Å². The van der Waals surface area contributed by atoms with E-state index in [1.807, 2.05) is 13.8 Å². The summed E-state index contributed by atoms with van der Waals surface area (Å²) in [6.07, 6.45) is 19.3. The summed E-state index contributed by atoms with van der Waals surface area (Å²) in [5, 5.41) is 0. The number of likely N-dealkylation sites (tertiary alicyclic amines) is 8. The molecule has 8 aliphatic rings. The quantitative estimate of drug-likeness (QED) is 0.0423. The Morgan fingerprint density at radius 1 is 0.346 bits per heavy atom. The highest BCUT2D eigenvalue weighted by Gasteiger charge is 2.31. The van der Waals surface area contributed by atoms with Gasteiger partial charge in [-0.3, -0.25) is 0 Å². The van der Waals surface area contributed by atoms with E-state index < -0.39 is 6.17 Å². The van der Waals surface area contributed by atoms with Crippen LogP contribution >= 0.6 is 0 Å². The number of nitrogens with one attached hydrogen (secondary N) is 8. The summed E-state index contributed by atoms with van der Waals surface area (Å²) in [7, 11) is 40.4. The van der Waals surface area contributed by atoms with E-state index in [-0.39, 0.29) is 6.04 Å². The van der Waals surface area contributed by atoms with Crippen molar-refractivity contribution in [1.82, 2.24) is 0 Å². The van der Waals surface area contributed by atoms with Gasteiger partial charge in [-0.1, -0.05) is 13.8 Å². The highest BCUT2D eigenvalue weighted by Crippen LogP contribution is 2.07. The number of methoxy groups -OCH3 is 5. The Morgan fingerprint density at radius 2 is 0.617 bits per heavy atom. The minimum Gasteiger partial charge on any atom is -0.463 e. The van der Waals surface area contributed by atoms with Crippen LogP contribution in [0.1, 0.15) is 130 Å². The second-order valence-corrected chi connectivity index (χ2v) is 23.8. The highest BCUT2D eigenvalue weighted by molar-refractivity contribution is 4.72. The van der Waals surface area contributed by atoms with Crippen molar-refractivity contribution in [2.45, 2.75) is 191 Å². The Labute approximate surface area is 499 Å². The number of alkyl halides is 1. The molecule has 0 amide bonds. The Kier molecular flexibility index (Phi) is 48.6. The first-order valence-corrected chi connectivity index (χ1v) is 31.9. The number of quaternary nitrogens is 8. The van der Waals surface area contributed by atoms with E-state index >= 15 is 0 Å². The number of halogens is 1. The first-order chi connectivity index (χ1) is 39.1. The summed E-state index contributed by atoms with van der Waals surface area (Å²) in [6.45, 7) is 27.5. The van der Waals surface area contributed by atoms with E-state index in [1.54, 1.807) is 35.5 Å². The van der Waals surface area contributed by atoms with Gasteiger partial charge in [0.15, 0.2) is 6.17 Å². The summed E-state index contributed by atoms with van der Waals surface area (Å²) in [5.41, 5.74) is 0. The minimum atomic E-state index is -0.673. The van der Waals surface area contributed by atoms with Crippen LogP contribution in [-0.4, -0.2) is 228 Å². The first kappa shape index (κ1) is 78.3. The fourth-order valence-corrected chi connectivity index (χ4v) is 11.8. The molecule has 8 aliphatic heterocycles. The molecule has 8 saturated heterocycles. The average Bonchev–Trinajstić information content (AvgIpc) is 4.36. The molecular weight excluding hydrogens is 1030 g/mol. The van der Waals surface area contributed by atoms with E-state index in [2.05, 4.69) is 70.2 Å². The molecule has 0 radical (unpaired) electrons. The Bertz CT molecular complexity index is 1330. The predicted molar refractivity (Wildman–Crippen MR) is 323 cm³/mol. The molecule has 0 aliphatic carbocycles. The maximum atomic E-state index is 12.6. The summed E-state index contributed by atoms with van der Waals surface area (Å²) in [6, 6.07) is 4.78. The zero-order valence-electron chi connectivity index (χ0n) is 53.9. The Balaban J connectivity index is 0.000000463.